The van der Waals surface area contributed by atoms with Gasteiger partial charge in [0.05, 0.1) is 5.52 Å². The first-order valence-electron chi connectivity index (χ1n) is 4.65. The van der Waals surface area contributed by atoms with Crippen molar-refractivity contribution < 1.29 is 0 Å². The van der Waals surface area contributed by atoms with E-state index >= 15 is 0 Å². The van der Waals surface area contributed by atoms with Crippen LogP contribution in [-0.2, 0) is 12.8 Å². The van der Waals surface area contributed by atoms with E-state index in [1.165, 1.54) is 35.8 Å². The largest absolute Gasteiger partial charge is 0.244 e. The molecule has 0 N–H and O–H groups in total. The summed E-state index contributed by atoms with van der Waals surface area (Å²) in [6.07, 6.45) is 7.24. The molecule has 0 bridgehead atoms. The lowest BCUT2D eigenvalue weighted by molar-refractivity contribution is 0.912. The monoisotopic (exact) mass is 170 g/mol. The fraction of sp³-hybridized carbons (Fsp3) is 0.273. The van der Waals surface area contributed by atoms with Crippen molar-refractivity contribution in [2.24, 2.45) is 0 Å². The first-order chi connectivity index (χ1) is 6.43. The average Bonchev–Trinajstić information content (AvgIpc) is 2.61. The van der Waals surface area contributed by atoms with Gasteiger partial charge in [-0.15, -0.1) is 0 Å². The van der Waals surface area contributed by atoms with Crippen LogP contribution >= 0.6 is 0 Å². The Labute approximate surface area is 76.6 Å². The molecule has 1 aliphatic carbocycles. The fourth-order valence-electron chi connectivity index (χ4n) is 2.05. The molecule has 2 nitrogen and oxygen atoms in total. The van der Waals surface area contributed by atoms with E-state index < -0.39 is 0 Å². The summed E-state index contributed by atoms with van der Waals surface area (Å²) in [5.74, 6) is 0. The lowest BCUT2D eigenvalue weighted by Gasteiger charge is -2.00. The van der Waals surface area contributed by atoms with Crippen molar-refractivity contribution in [3.63, 3.8) is 0 Å². The zero-order chi connectivity index (χ0) is 8.67. The standard InChI is InChI=1S/C11H10N2/c1-2-8-4-10-6-12-7-13-11(10)5-9(8)3-1/h4-7H,1-3H2. The van der Waals surface area contributed by atoms with Gasteiger partial charge in [0.2, 0.25) is 0 Å². The Hall–Kier alpha value is -1.44. The minimum Gasteiger partial charge on any atom is -0.244 e. The van der Waals surface area contributed by atoms with Crippen LogP contribution in [0.15, 0.2) is 24.7 Å². The van der Waals surface area contributed by atoms with Crippen LogP contribution in [0.2, 0.25) is 0 Å². The third-order valence-electron chi connectivity index (χ3n) is 2.72. The van der Waals surface area contributed by atoms with Crippen LogP contribution in [0.4, 0.5) is 0 Å². The molecule has 0 atom stereocenters. The molecular weight excluding hydrogens is 160 g/mol. The van der Waals surface area contributed by atoms with Gasteiger partial charge < -0.3 is 0 Å². The molecule has 0 saturated heterocycles. The Balaban J connectivity index is 2.36. The first-order valence-corrected chi connectivity index (χ1v) is 4.65. The maximum Gasteiger partial charge on any atom is 0.116 e. The number of hydrogen-bond acceptors (Lipinski definition) is 2. The third-order valence-corrected chi connectivity index (χ3v) is 2.72. The molecule has 1 aromatic carbocycles. The molecule has 1 heterocycles. The van der Waals surface area contributed by atoms with Crippen LogP contribution < -0.4 is 0 Å². The average molecular weight is 170 g/mol. The van der Waals surface area contributed by atoms with E-state index in [4.69, 9.17) is 0 Å². The molecule has 1 aliphatic rings. The second kappa shape index (κ2) is 2.52. The maximum atomic E-state index is 4.25. The summed E-state index contributed by atoms with van der Waals surface area (Å²) in [6.45, 7) is 0. The van der Waals surface area contributed by atoms with Crippen LogP contribution in [0, 0.1) is 0 Å². The summed E-state index contributed by atoms with van der Waals surface area (Å²) in [4.78, 5) is 8.27. The quantitative estimate of drug-likeness (QED) is 0.605. The Morgan fingerprint density at radius 2 is 1.92 bits per heavy atom. The van der Waals surface area contributed by atoms with Gasteiger partial charge >= 0.3 is 0 Å². The zero-order valence-electron chi connectivity index (χ0n) is 7.33. The second-order valence-electron chi connectivity index (χ2n) is 3.56. The van der Waals surface area contributed by atoms with Crippen LogP contribution in [0.25, 0.3) is 10.9 Å². The number of benzene rings is 1. The number of aryl methyl sites for hydroxylation is 2. The lowest BCUT2D eigenvalue weighted by atomic mass is 10.1. The highest BCUT2D eigenvalue weighted by atomic mass is 14.8. The van der Waals surface area contributed by atoms with E-state index in [1.54, 1.807) is 6.33 Å². The van der Waals surface area contributed by atoms with Crippen LogP contribution in [0.5, 0.6) is 0 Å². The number of fused-ring (bicyclic) bond motifs is 2. The molecule has 64 valence electrons. The smallest absolute Gasteiger partial charge is 0.116 e. The van der Waals surface area contributed by atoms with Gasteiger partial charge in [-0.25, -0.2) is 9.97 Å². The number of rotatable bonds is 0. The number of aromatic nitrogens is 2. The van der Waals surface area contributed by atoms with Gasteiger partial charge in [-0.1, -0.05) is 0 Å². The maximum absolute atomic E-state index is 4.25. The predicted octanol–water partition coefficient (Wildman–Crippen LogP) is 2.12. The third kappa shape index (κ3) is 1.02. The number of hydrogen-bond donors (Lipinski definition) is 0. The zero-order valence-corrected chi connectivity index (χ0v) is 7.33. The summed E-state index contributed by atoms with van der Waals surface area (Å²) >= 11 is 0. The molecule has 0 amide bonds. The molecule has 1 aromatic heterocycles. The Morgan fingerprint density at radius 1 is 1.08 bits per heavy atom. The molecule has 0 spiro atoms. The van der Waals surface area contributed by atoms with Gasteiger partial charge in [-0.3, -0.25) is 0 Å². The highest BCUT2D eigenvalue weighted by Crippen LogP contribution is 2.25. The molecule has 0 unspecified atom stereocenters. The van der Waals surface area contributed by atoms with Crippen molar-refractivity contribution in [1.29, 1.82) is 0 Å². The molecule has 2 heteroatoms. The summed E-state index contributed by atoms with van der Waals surface area (Å²) in [6, 6.07) is 4.44. The molecule has 0 aliphatic heterocycles. The van der Waals surface area contributed by atoms with Crippen molar-refractivity contribution >= 4 is 10.9 Å². The molecule has 2 aromatic rings. The Kier molecular flexibility index (Phi) is 1.36. The molecule has 0 saturated carbocycles. The van der Waals surface area contributed by atoms with Crippen molar-refractivity contribution in [3.05, 3.63) is 35.8 Å². The van der Waals surface area contributed by atoms with Crippen LogP contribution in [-0.4, -0.2) is 9.97 Å². The summed E-state index contributed by atoms with van der Waals surface area (Å²) < 4.78 is 0. The summed E-state index contributed by atoms with van der Waals surface area (Å²) in [7, 11) is 0. The van der Waals surface area contributed by atoms with Crippen molar-refractivity contribution in [1.82, 2.24) is 9.97 Å². The van der Waals surface area contributed by atoms with Crippen LogP contribution in [0.3, 0.4) is 0 Å². The van der Waals surface area contributed by atoms with Crippen molar-refractivity contribution in [3.8, 4) is 0 Å². The highest BCUT2D eigenvalue weighted by molar-refractivity contribution is 5.79. The van der Waals surface area contributed by atoms with Gasteiger partial charge in [-0.2, -0.15) is 0 Å². The lowest BCUT2D eigenvalue weighted by Crippen LogP contribution is -1.86. The Bertz CT molecular complexity index is 420. The van der Waals surface area contributed by atoms with E-state index in [0.29, 0.717) is 0 Å². The predicted molar refractivity (Wildman–Crippen MR) is 51.6 cm³/mol. The van der Waals surface area contributed by atoms with Crippen molar-refractivity contribution in [2.45, 2.75) is 19.3 Å². The van der Waals surface area contributed by atoms with Gasteiger partial charge in [0.25, 0.3) is 0 Å². The molecule has 0 radical (unpaired) electrons. The van der Waals surface area contributed by atoms with Gasteiger partial charge in [0.15, 0.2) is 0 Å². The minimum atomic E-state index is 1.08. The van der Waals surface area contributed by atoms with Crippen molar-refractivity contribution in [2.75, 3.05) is 0 Å². The Morgan fingerprint density at radius 3 is 2.85 bits per heavy atom. The van der Waals surface area contributed by atoms with E-state index in [1.807, 2.05) is 6.20 Å². The molecule has 0 fully saturated rings. The summed E-state index contributed by atoms with van der Waals surface area (Å²) in [5, 5.41) is 1.17. The van der Waals surface area contributed by atoms with Gasteiger partial charge in [0, 0.05) is 11.6 Å². The second-order valence-corrected chi connectivity index (χ2v) is 3.56. The normalized spacial score (nSPS) is 14.8. The number of nitrogens with zero attached hydrogens (tertiary/aromatic N) is 2. The molecule has 13 heavy (non-hydrogen) atoms. The van der Waals surface area contributed by atoms with E-state index in [-0.39, 0.29) is 0 Å². The van der Waals surface area contributed by atoms with E-state index in [2.05, 4.69) is 22.1 Å². The summed E-state index contributed by atoms with van der Waals surface area (Å²) in [5.41, 5.74) is 4.05. The SMILES string of the molecule is c1ncc2cc3c(cc2n1)CCC3. The van der Waals surface area contributed by atoms with Gasteiger partial charge in [-0.05, 0) is 42.5 Å². The highest BCUT2D eigenvalue weighted by Gasteiger charge is 2.11. The van der Waals surface area contributed by atoms with E-state index in [0.717, 1.165) is 5.52 Å². The molecular formula is C11H10N2. The van der Waals surface area contributed by atoms with Gasteiger partial charge in [0.1, 0.15) is 6.33 Å². The first kappa shape index (κ1) is 7.01. The van der Waals surface area contributed by atoms with E-state index in [9.17, 15) is 0 Å². The molecule has 3 rings (SSSR count). The minimum absolute atomic E-state index is 1.08. The topological polar surface area (TPSA) is 25.8 Å². The van der Waals surface area contributed by atoms with Crippen LogP contribution in [0.1, 0.15) is 17.5 Å². The fourth-order valence-corrected chi connectivity index (χ4v) is 2.05.